The van der Waals surface area contributed by atoms with Crippen molar-refractivity contribution in [3.8, 4) is 28.5 Å². The Bertz CT molecular complexity index is 1470. The number of hydrogen-bond donors (Lipinski definition) is 0. The Morgan fingerprint density at radius 3 is 2.41 bits per heavy atom. The molecule has 0 radical (unpaired) electrons. The smallest absolute Gasteiger partial charge is 0.247 e. The molecule has 3 aromatic carbocycles. The predicted octanol–water partition coefficient (Wildman–Crippen LogP) is 7.55. The van der Waals surface area contributed by atoms with Crippen molar-refractivity contribution in [1.82, 2.24) is 25.0 Å². The summed E-state index contributed by atoms with van der Waals surface area (Å²) in [5.74, 6) is 1.89. The van der Waals surface area contributed by atoms with Crippen LogP contribution >= 0.6 is 46.6 Å². The number of benzene rings is 3. The summed E-state index contributed by atoms with van der Waals surface area (Å²) in [4.78, 5) is 0. The topological polar surface area (TPSA) is 69.6 Å². The molecule has 34 heavy (non-hydrogen) atoms. The van der Waals surface area contributed by atoms with E-state index in [1.165, 1.54) is 11.8 Å². The van der Waals surface area contributed by atoms with Crippen LogP contribution in [-0.4, -0.2) is 25.0 Å². The van der Waals surface area contributed by atoms with Gasteiger partial charge in [-0.25, -0.2) is 0 Å². The SMILES string of the molecule is Cc1ccc(-c2nnc(CSc3nnc(-c4ccc(Cl)cc4Cl)n3-c3ccccc3Cl)o2)cc1. The first-order valence-corrected chi connectivity index (χ1v) is 12.3. The van der Waals surface area contributed by atoms with E-state index in [9.17, 15) is 0 Å². The van der Waals surface area contributed by atoms with Crippen LogP contribution in [0, 0.1) is 6.92 Å². The highest BCUT2D eigenvalue weighted by Crippen LogP contribution is 2.36. The average molecular weight is 529 g/mol. The number of hydrogen-bond acceptors (Lipinski definition) is 6. The fourth-order valence-corrected chi connectivity index (χ4v) is 4.80. The maximum absolute atomic E-state index is 6.53. The number of nitrogens with zero attached hydrogens (tertiary/aromatic N) is 5. The minimum absolute atomic E-state index is 0.399. The average Bonchev–Trinajstić information content (AvgIpc) is 3.46. The molecule has 5 rings (SSSR count). The van der Waals surface area contributed by atoms with Crippen LogP contribution < -0.4 is 0 Å². The summed E-state index contributed by atoms with van der Waals surface area (Å²) in [6.45, 7) is 2.03. The third-order valence-electron chi connectivity index (χ3n) is 4.99. The summed E-state index contributed by atoms with van der Waals surface area (Å²) in [5.41, 5.74) is 3.44. The highest BCUT2D eigenvalue weighted by Gasteiger charge is 2.21. The minimum Gasteiger partial charge on any atom is -0.420 e. The lowest BCUT2D eigenvalue weighted by molar-refractivity contribution is 0.528. The third kappa shape index (κ3) is 4.70. The Hall–Kier alpha value is -2.84. The van der Waals surface area contributed by atoms with Gasteiger partial charge in [-0.1, -0.05) is 76.4 Å². The molecule has 0 saturated heterocycles. The van der Waals surface area contributed by atoms with Crippen molar-refractivity contribution < 1.29 is 4.42 Å². The number of rotatable bonds is 6. The van der Waals surface area contributed by atoms with Gasteiger partial charge in [-0.3, -0.25) is 4.57 Å². The molecule has 2 aromatic heterocycles. The second kappa shape index (κ2) is 9.80. The summed E-state index contributed by atoms with van der Waals surface area (Å²) >= 11 is 20.5. The molecule has 0 spiro atoms. The first-order valence-electron chi connectivity index (χ1n) is 10.2. The van der Waals surface area contributed by atoms with Gasteiger partial charge in [-0.15, -0.1) is 20.4 Å². The Morgan fingerprint density at radius 1 is 0.853 bits per heavy atom. The maximum Gasteiger partial charge on any atom is 0.247 e. The van der Waals surface area contributed by atoms with Gasteiger partial charge < -0.3 is 4.42 Å². The van der Waals surface area contributed by atoms with E-state index in [2.05, 4.69) is 20.4 Å². The quantitative estimate of drug-likeness (QED) is 0.212. The third-order valence-corrected chi connectivity index (χ3v) is 6.77. The Labute approximate surface area is 214 Å². The molecule has 0 aliphatic carbocycles. The lowest BCUT2D eigenvalue weighted by Gasteiger charge is -2.12. The molecule has 0 aliphatic rings. The van der Waals surface area contributed by atoms with Crippen LogP contribution in [0.25, 0.3) is 28.5 Å². The monoisotopic (exact) mass is 527 g/mol. The molecule has 0 bridgehead atoms. The van der Waals surface area contributed by atoms with Crippen LogP contribution in [0.2, 0.25) is 15.1 Å². The van der Waals surface area contributed by atoms with Crippen LogP contribution in [0.15, 0.2) is 76.3 Å². The number of aromatic nitrogens is 5. The molecular weight excluding hydrogens is 513 g/mol. The van der Waals surface area contributed by atoms with Crippen LogP contribution in [0.4, 0.5) is 0 Å². The number of thioether (sulfide) groups is 1. The zero-order chi connectivity index (χ0) is 23.7. The molecule has 0 atom stereocenters. The van der Waals surface area contributed by atoms with Gasteiger partial charge in [-0.2, -0.15) is 0 Å². The van der Waals surface area contributed by atoms with Crippen molar-refractivity contribution in [2.45, 2.75) is 17.8 Å². The van der Waals surface area contributed by atoms with Crippen molar-refractivity contribution in [3.63, 3.8) is 0 Å². The molecule has 170 valence electrons. The van der Waals surface area contributed by atoms with Crippen LogP contribution in [-0.2, 0) is 5.75 Å². The van der Waals surface area contributed by atoms with Crippen molar-refractivity contribution >= 4 is 46.6 Å². The molecule has 5 aromatic rings. The number of aryl methyl sites for hydroxylation is 1. The fourth-order valence-electron chi connectivity index (χ4n) is 3.31. The molecule has 0 fully saturated rings. The van der Waals surface area contributed by atoms with Crippen molar-refractivity contribution in [2.24, 2.45) is 0 Å². The summed E-state index contributed by atoms with van der Waals surface area (Å²) < 4.78 is 7.72. The normalized spacial score (nSPS) is 11.2. The first kappa shape index (κ1) is 22.9. The van der Waals surface area contributed by atoms with Crippen molar-refractivity contribution in [2.75, 3.05) is 0 Å². The van der Waals surface area contributed by atoms with E-state index in [1.807, 2.05) is 66.1 Å². The lowest BCUT2D eigenvalue weighted by atomic mass is 10.1. The molecular formula is C24H16Cl3N5OS. The molecule has 10 heteroatoms. The standard InChI is InChI=1S/C24H16Cl3N5OS/c1-14-6-8-15(9-7-14)23-30-28-21(33-23)13-34-24-31-29-22(17-11-10-16(25)12-19(17)27)32(24)20-5-3-2-4-18(20)26/h2-12H,13H2,1H3. The van der Waals surface area contributed by atoms with Gasteiger partial charge in [0.1, 0.15) is 0 Å². The zero-order valence-corrected chi connectivity index (χ0v) is 20.8. The molecule has 0 saturated carbocycles. The first-order chi connectivity index (χ1) is 16.5. The van der Waals surface area contributed by atoms with Gasteiger partial charge in [0.05, 0.1) is 21.5 Å². The summed E-state index contributed by atoms with van der Waals surface area (Å²) in [6, 6.07) is 20.6. The van der Waals surface area contributed by atoms with E-state index in [1.54, 1.807) is 12.1 Å². The minimum atomic E-state index is 0.399. The number of halogens is 3. The molecule has 0 unspecified atom stereocenters. The molecule has 6 nitrogen and oxygen atoms in total. The van der Waals surface area contributed by atoms with E-state index in [0.717, 1.165) is 16.8 Å². The predicted molar refractivity (Wildman–Crippen MR) is 136 cm³/mol. The van der Waals surface area contributed by atoms with Gasteiger partial charge in [0, 0.05) is 16.1 Å². The van der Waals surface area contributed by atoms with Crippen LogP contribution in [0.1, 0.15) is 11.5 Å². The van der Waals surface area contributed by atoms with Crippen LogP contribution in [0.5, 0.6) is 0 Å². The summed E-state index contributed by atoms with van der Waals surface area (Å²) in [6.07, 6.45) is 0. The van der Waals surface area contributed by atoms with Crippen LogP contribution in [0.3, 0.4) is 0 Å². The van der Waals surface area contributed by atoms with E-state index < -0.39 is 0 Å². The van der Waals surface area contributed by atoms with Gasteiger partial charge >= 0.3 is 0 Å². The summed E-state index contributed by atoms with van der Waals surface area (Å²) in [7, 11) is 0. The van der Waals surface area contributed by atoms with Gasteiger partial charge in [0.25, 0.3) is 0 Å². The van der Waals surface area contributed by atoms with E-state index in [0.29, 0.717) is 49.1 Å². The van der Waals surface area contributed by atoms with Crippen molar-refractivity contribution in [3.05, 3.63) is 93.3 Å². The van der Waals surface area contributed by atoms with E-state index >= 15 is 0 Å². The van der Waals surface area contributed by atoms with E-state index in [4.69, 9.17) is 39.2 Å². The lowest BCUT2D eigenvalue weighted by Crippen LogP contribution is -2.01. The van der Waals surface area contributed by atoms with Gasteiger partial charge in [0.2, 0.25) is 11.8 Å². The number of para-hydroxylation sites is 1. The second-order valence-electron chi connectivity index (χ2n) is 7.37. The molecule has 0 aliphatic heterocycles. The Morgan fingerprint density at radius 2 is 1.65 bits per heavy atom. The zero-order valence-electron chi connectivity index (χ0n) is 17.7. The van der Waals surface area contributed by atoms with E-state index in [-0.39, 0.29) is 0 Å². The molecule has 0 N–H and O–H groups in total. The largest absolute Gasteiger partial charge is 0.420 e. The van der Waals surface area contributed by atoms with Gasteiger partial charge in [-0.05, 0) is 49.4 Å². The summed E-state index contributed by atoms with van der Waals surface area (Å²) in [5, 5.41) is 19.3. The highest BCUT2D eigenvalue weighted by molar-refractivity contribution is 7.98. The molecule has 0 amide bonds. The van der Waals surface area contributed by atoms with Gasteiger partial charge in [0.15, 0.2) is 11.0 Å². The van der Waals surface area contributed by atoms with Crippen molar-refractivity contribution in [1.29, 1.82) is 0 Å². The Kier molecular flexibility index (Phi) is 6.61. The Balaban J connectivity index is 1.48. The second-order valence-corrected chi connectivity index (χ2v) is 9.57. The maximum atomic E-state index is 6.53. The molecule has 2 heterocycles. The fraction of sp³-hybridized carbons (Fsp3) is 0.0833. The highest BCUT2D eigenvalue weighted by atomic mass is 35.5.